The van der Waals surface area contributed by atoms with E-state index >= 15 is 0 Å². The molecular formula is C11H12N3O3P. The molecule has 1 atom stereocenters. The summed E-state index contributed by atoms with van der Waals surface area (Å²) in [7, 11) is 2.14. The number of nitro groups is 1. The number of aromatic nitrogens is 1. The van der Waals surface area contributed by atoms with Crippen molar-refractivity contribution in [2.45, 2.75) is 0 Å². The second-order valence-corrected chi connectivity index (χ2v) is 3.92. The maximum atomic E-state index is 11.0. The Bertz CT molecular complexity index is 576. The number of fused-ring (bicyclic) bond motifs is 1. The molecule has 1 N–H and O–H groups in total. The first-order chi connectivity index (χ1) is 8.74. The van der Waals surface area contributed by atoms with Gasteiger partial charge in [0.1, 0.15) is 11.9 Å². The Kier molecular flexibility index (Phi) is 4.02. The topological polar surface area (TPSA) is 77.3 Å². The minimum atomic E-state index is -0.441. The third-order valence-corrected chi connectivity index (χ3v) is 2.71. The van der Waals surface area contributed by atoms with Crippen molar-refractivity contribution in [1.29, 1.82) is 0 Å². The highest BCUT2D eigenvalue weighted by molar-refractivity contribution is 7.09. The lowest BCUT2D eigenvalue weighted by atomic mass is 10.1. The summed E-state index contributed by atoms with van der Waals surface area (Å²) in [6.45, 7) is 0.927. The van der Waals surface area contributed by atoms with Crippen molar-refractivity contribution < 1.29 is 9.45 Å². The van der Waals surface area contributed by atoms with Gasteiger partial charge in [0.05, 0.1) is 17.0 Å². The van der Waals surface area contributed by atoms with E-state index in [2.05, 4.69) is 19.8 Å². The standard InChI is InChI=1S/C11H12N3O3P/c15-14(16)10-7-13-9-4-2-1-3-8(9)11(10)12-5-6-17-18/h1-4,7H,5-6,18H2,(H,12,13). The van der Waals surface area contributed by atoms with Gasteiger partial charge in [-0.05, 0) is 6.07 Å². The summed E-state index contributed by atoms with van der Waals surface area (Å²) < 4.78 is 4.84. The Morgan fingerprint density at radius 3 is 2.94 bits per heavy atom. The van der Waals surface area contributed by atoms with Crippen LogP contribution in [0.5, 0.6) is 0 Å². The van der Waals surface area contributed by atoms with Crippen LogP contribution in [-0.4, -0.2) is 23.1 Å². The molecule has 0 saturated carbocycles. The van der Waals surface area contributed by atoms with E-state index in [1.165, 1.54) is 6.20 Å². The molecule has 1 aromatic carbocycles. The summed E-state index contributed by atoms with van der Waals surface area (Å²) in [5.74, 6) is 0. The second-order valence-electron chi connectivity index (χ2n) is 3.59. The van der Waals surface area contributed by atoms with Gasteiger partial charge >= 0.3 is 5.69 Å². The molecule has 0 spiro atoms. The fourth-order valence-corrected chi connectivity index (χ4v) is 1.81. The molecule has 0 aliphatic carbocycles. The normalized spacial score (nSPS) is 10.5. The summed E-state index contributed by atoms with van der Waals surface area (Å²) in [5, 5.41) is 14.7. The van der Waals surface area contributed by atoms with Crippen LogP contribution in [-0.2, 0) is 4.52 Å². The van der Waals surface area contributed by atoms with Crippen LogP contribution in [0.4, 0.5) is 11.4 Å². The van der Waals surface area contributed by atoms with Gasteiger partial charge in [0.15, 0.2) is 0 Å². The zero-order valence-corrected chi connectivity index (χ0v) is 10.7. The zero-order chi connectivity index (χ0) is 13.0. The quantitative estimate of drug-likeness (QED) is 0.388. The van der Waals surface area contributed by atoms with Crippen LogP contribution in [0.1, 0.15) is 0 Å². The fourth-order valence-electron chi connectivity index (χ4n) is 1.69. The van der Waals surface area contributed by atoms with Crippen molar-refractivity contribution >= 4 is 31.7 Å². The van der Waals surface area contributed by atoms with Gasteiger partial charge in [0, 0.05) is 21.4 Å². The van der Waals surface area contributed by atoms with Gasteiger partial charge in [-0.25, -0.2) is 4.98 Å². The number of rotatable bonds is 5. The molecule has 94 valence electrons. The molecule has 18 heavy (non-hydrogen) atoms. The van der Waals surface area contributed by atoms with Crippen LogP contribution < -0.4 is 5.32 Å². The molecule has 0 amide bonds. The first-order valence-electron chi connectivity index (χ1n) is 5.31. The fraction of sp³-hybridized carbons (Fsp3) is 0.182. The van der Waals surface area contributed by atoms with E-state index in [0.29, 0.717) is 18.8 Å². The molecule has 0 bridgehead atoms. The van der Waals surface area contributed by atoms with Gasteiger partial charge in [-0.3, -0.25) is 10.1 Å². The van der Waals surface area contributed by atoms with Crippen LogP contribution in [0.2, 0.25) is 0 Å². The Morgan fingerprint density at radius 1 is 1.44 bits per heavy atom. The molecule has 0 aliphatic heterocycles. The van der Waals surface area contributed by atoms with Crippen molar-refractivity contribution in [3.8, 4) is 0 Å². The van der Waals surface area contributed by atoms with E-state index in [0.717, 1.165) is 10.9 Å². The Labute approximate surface area is 106 Å². The summed E-state index contributed by atoms with van der Waals surface area (Å²) >= 11 is 0. The molecule has 1 heterocycles. The van der Waals surface area contributed by atoms with Gasteiger partial charge in [-0.2, -0.15) is 0 Å². The Balaban J connectivity index is 2.48. The van der Waals surface area contributed by atoms with Crippen molar-refractivity contribution in [1.82, 2.24) is 4.98 Å². The number of para-hydroxylation sites is 1. The minimum absolute atomic E-state index is 0.0301. The van der Waals surface area contributed by atoms with E-state index in [1.54, 1.807) is 6.07 Å². The molecule has 0 fully saturated rings. The van der Waals surface area contributed by atoms with Gasteiger partial charge in [0.2, 0.25) is 0 Å². The SMILES string of the molecule is O=[N+]([O-])c1cnc2ccccc2c1NCCOP. The molecule has 6 nitrogen and oxygen atoms in total. The highest BCUT2D eigenvalue weighted by Gasteiger charge is 2.17. The van der Waals surface area contributed by atoms with Crippen LogP contribution in [0.25, 0.3) is 10.9 Å². The monoisotopic (exact) mass is 265 g/mol. The average Bonchev–Trinajstić information content (AvgIpc) is 2.38. The van der Waals surface area contributed by atoms with Crippen molar-refractivity contribution in [2.24, 2.45) is 0 Å². The van der Waals surface area contributed by atoms with Gasteiger partial charge in [-0.15, -0.1) is 0 Å². The minimum Gasteiger partial charge on any atom is -0.377 e. The van der Waals surface area contributed by atoms with E-state index in [1.807, 2.05) is 18.2 Å². The summed E-state index contributed by atoms with van der Waals surface area (Å²) in [5.41, 5.74) is 1.17. The third kappa shape index (κ3) is 2.55. The molecule has 0 radical (unpaired) electrons. The molecule has 0 aliphatic rings. The highest BCUT2D eigenvalue weighted by atomic mass is 31.0. The Hall–Kier alpha value is -1.78. The zero-order valence-electron chi connectivity index (χ0n) is 9.50. The first kappa shape index (κ1) is 12.7. The van der Waals surface area contributed by atoms with Crippen LogP contribution in [0, 0.1) is 10.1 Å². The number of benzene rings is 1. The second kappa shape index (κ2) is 5.71. The predicted molar refractivity (Wildman–Crippen MR) is 72.5 cm³/mol. The maximum absolute atomic E-state index is 11.0. The van der Waals surface area contributed by atoms with Crippen LogP contribution in [0.3, 0.4) is 0 Å². The summed E-state index contributed by atoms with van der Waals surface area (Å²) in [4.78, 5) is 14.6. The lowest BCUT2D eigenvalue weighted by Gasteiger charge is -2.09. The van der Waals surface area contributed by atoms with Gasteiger partial charge < -0.3 is 9.84 Å². The number of nitrogens with one attached hydrogen (secondary N) is 1. The van der Waals surface area contributed by atoms with Crippen LogP contribution in [0.15, 0.2) is 30.5 Å². The van der Waals surface area contributed by atoms with Crippen molar-refractivity contribution in [3.63, 3.8) is 0 Å². The highest BCUT2D eigenvalue weighted by Crippen LogP contribution is 2.30. The molecule has 1 unspecified atom stereocenters. The first-order valence-corrected chi connectivity index (χ1v) is 5.79. The molecule has 2 rings (SSSR count). The number of pyridine rings is 1. The van der Waals surface area contributed by atoms with Gasteiger partial charge in [-0.1, -0.05) is 18.2 Å². The molecular weight excluding hydrogens is 253 g/mol. The van der Waals surface area contributed by atoms with E-state index in [-0.39, 0.29) is 5.69 Å². The molecule has 1 aromatic heterocycles. The molecule has 0 saturated heterocycles. The predicted octanol–water partition coefficient (Wildman–Crippen LogP) is 2.36. The molecule has 2 aromatic rings. The van der Waals surface area contributed by atoms with E-state index in [9.17, 15) is 10.1 Å². The smallest absolute Gasteiger partial charge is 0.311 e. The maximum Gasteiger partial charge on any atom is 0.311 e. The Morgan fingerprint density at radius 2 is 2.22 bits per heavy atom. The van der Waals surface area contributed by atoms with Crippen LogP contribution >= 0.6 is 9.47 Å². The average molecular weight is 265 g/mol. The summed E-state index contributed by atoms with van der Waals surface area (Å²) in [6.07, 6.45) is 1.27. The number of nitrogens with zero attached hydrogens (tertiary/aromatic N) is 2. The molecule has 7 heteroatoms. The van der Waals surface area contributed by atoms with E-state index in [4.69, 9.17) is 4.52 Å². The van der Waals surface area contributed by atoms with E-state index < -0.39 is 4.92 Å². The number of anilines is 1. The van der Waals surface area contributed by atoms with Crippen molar-refractivity contribution in [2.75, 3.05) is 18.5 Å². The number of hydrogen-bond acceptors (Lipinski definition) is 5. The lowest BCUT2D eigenvalue weighted by Crippen LogP contribution is -2.08. The largest absolute Gasteiger partial charge is 0.377 e. The summed E-state index contributed by atoms with van der Waals surface area (Å²) in [6, 6.07) is 7.29. The third-order valence-electron chi connectivity index (χ3n) is 2.47. The lowest BCUT2D eigenvalue weighted by molar-refractivity contribution is -0.384. The van der Waals surface area contributed by atoms with Crippen molar-refractivity contribution in [3.05, 3.63) is 40.6 Å². The number of hydrogen-bond donors (Lipinski definition) is 1. The van der Waals surface area contributed by atoms with Gasteiger partial charge in [0.25, 0.3) is 0 Å².